The molecule has 0 fully saturated rings. The molecule has 2 nitrogen and oxygen atoms in total. The van der Waals surface area contributed by atoms with Crippen molar-refractivity contribution in [3.63, 3.8) is 0 Å². The normalized spacial score (nSPS) is 22.7. The van der Waals surface area contributed by atoms with Crippen LogP contribution < -0.4 is 0 Å². The zero-order valence-corrected chi connectivity index (χ0v) is 10.9. The first kappa shape index (κ1) is 13.8. The summed E-state index contributed by atoms with van der Waals surface area (Å²) in [5, 5.41) is 9.17. The maximum Gasteiger partial charge on any atom is 0.308 e. The molecule has 0 saturated heterocycles. The monoisotopic (exact) mass is 234 g/mol. The molecule has 3 atom stereocenters. The molecule has 0 heterocycles. The lowest BCUT2D eigenvalue weighted by Gasteiger charge is -2.19. The van der Waals surface area contributed by atoms with Crippen molar-refractivity contribution < 1.29 is 9.90 Å². The molecule has 1 N–H and O–H groups in total. The van der Waals surface area contributed by atoms with Gasteiger partial charge >= 0.3 is 5.97 Å². The molecular formula is C15H22O2. The first-order valence-electron chi connectivity index (χ1n) is 6.43. The molecule has 0 aromatic rings. The fourth-order valence-electron chi connectivity index (χ4n) is 2.34. The van der Waals surface area contributed by atoms with Crippen molar-refractivity contribution in [2.75, 3.05) is 0 Å². The van der Waals surface area contributed by atoms with Gasteiger partial charge in [0.15, 0.2) is 0 Å². The van der Waals surface area contributed by atoms with Crippen LogP contribution in [0.3, 0.4) is 0 Å². The molecule has 0 aromatic carbocycles. The summed E-state index contributed by atoms with van der Waals surface area (Å²) in [6, 6.07) is 0. The van der Waals surface area contributed by atoms with Gasteiger partial charge in [-0.15, -0.1) is 0 Å². The minimum Gasteiger partial charge on any atom is -0.481 e. The molecule has 1 rings (SSSR count). The van der Waals surface area contributed by atoms with Gasteiger partial charge in [0.05, 0.1) is 5.92 Å². The quantitative estimate of drug-likeness (QED) is 0.600. The van der Waals surface area contributed by atoms with Crippen LogP contribution in [0, 0.1) is 35.5 Å². The fourth-order valence-corrected chi connectivity index (χ4v) is 2.34. The van der Waals surface area contributed by atoms with Crippen LogP contribution in [0.15, 0.2) is 12.2 Å². The van der Waals surface area contributed by atoms with E-state index in [1.807, 2.05) is 20.8 Å². The number of carbonyl (C=O) groups is 1. The number of carboxylic acid groups (broad SMARTS) is 1. The smallest absolute Gasteiger partial charge is 0.308 e. The number of hydrogen-bond donors (Lipinski definition) is 1. The first-order valence-corrected chi connectivity index (χ1v) is 6.43. The van der Waals surface area contributed by atoms with E-state index in [2.05, 4.69) is 24.0 Å². The molecule has 0 radical (unpaired) electrons. The van der Waals surface area contributed by atoms with Crippen molar-refractivity contribution in [1.82, 2.24) is 0 Å². The summed E-state index contributed by atoms with van der Waals surface area (Å²) in [7, 11) is 0. The van der Waals surface area contributed by atoms with Gasteiger partial charge in [-0.3, -0.25) is 4.79 Å². The van der Waals surface area contributed by atoms with Crippen molar-refractivity contribution in [3.8, 4) is 11.8 Å². The summed E-state index contributed by atoms with van der Waals surface area (Å²) in [6.07, 6.45) is 7.77. The highest BCUT2D eigenvalue weighted by Crippen LogP contribution is 2.21. The molecule has 1 aliphatic rings. The maximum atomic E-state index is 11.2. The number of hydrogen-bond acceptors (Lipinski definition) is 1. The standard InChI is InChI=1S/C15H22O2/c1-11(2)14(15(16)17)12(3)9-10-13-7-5-4-6-8-13/h5,7,11-14H,4,6,8H2,1-3H3,(H,16,17). The minimum absolute atomic E-state index is 0.0807. The second kappa shape index (κ2) is 6.49. The number of aliphatic carboxylic acids is 1. The van der Waals surface area contributed by atoms with E-state index in [4.69, 9.17) is 5.11 Å². The van der Waals surface area contributed by atoms with E-state index in [9.17, 15) is 4.79 Å². The zero-order valence-electron chi connectivity index (χ0n) is 10.9. The van der Waals surface area contributed by atoms with Crippen LogP contribution in [0.25, 0.3) is 0 Å². The SMILES string of the molecule is CC(C)C(C(=O)O)C(C)C#CC1C=CCCC1. The van der Waals surface area contributed by atoms with E-state index >= 15 is 0 Å². The molecule has 1 aliphatic carbocycles. The number of rotatable bonds is 3. The predicted octanol–water partition coefficient (Wildman–Crippen LogP) is 3.34. The van der Waals surface area contributed by atoms with Gasteiger partial charge in [0, 0.05) is 11.8 Å². The van der Waals surface area contributed by atoms with Crippen molar-refractivity contribution in [2.24, 2.45) is 23.7 Å². The van der Waals surface area contributed by atoms with Crippen molar-refractivity contribution in [1.29, 1.82) is 0 Å². The predicted molar refractivity (Wildman–Crippen MR) is 69.4 cm³/mol. The van der Waals surface area contributed by atoms with Crippen LogP contribution in [0.4, 0.5) is 0 Å². The Labute approximate surface area is 104 Å². The van der Waals surface area contributed by atoms with Crippen LogP contribution in [0.5, 0.6) is 0 Å². The summed E-state index contributed by atoms with van der Waals surface area (Å²) in [5.41, 5.74) is 0. The minimum atomic E-state index is -0.735. The Hall–Kier alpha value is -1.23. The third kappa shape index (κ3) is 4.26. The third-order valence-corrected chi connectivity index (χ3v) is 3.29. The summed E-state index contributed by atoms with van der Waals surface area (Å²) < 4.78 is 0. The van der Waals surface area contributed by atoms with E-state index in [0.29, 0.717) is 5.92 Å². The van der Waals surface area contributed by atoms with Crippen LogP contribution in [-0.4, -0.2) is 11.1 Å². The van der Waals surface area contributed by atoms with E-state index in [0.717, 1.165) is 12.8 Å². The van der Waals surface area contributed by atoms with Gasteiger partial charge in [-0.25, -0.2) is 0 Å². The van der Waals surface area contributed by atoms with Gasteiger partial charge in [-0.05, 0) is 25.2 Å². The van der Waals surface area contributed by atoms with Gasteiger partial charge in [0.1, 0.15) is 0 Å². The van der Waals surface area contributed by atoms with Gasteiger partial charge in [-0.2, -0.15) is 0 Å². The number of allylic oxidation sites excluding steroid dienone is 2. The maximum absolute atomic E-state index is 11.2. The average Bonchev–Trinajstić information content (AvgIpc) is 2.27. The molecule has 0 aromatic heterocycles. The Kier molecular flexibility index (Phi) is 5.28. The Bertz CT molecular complexity index is 344. The topological polar surface area (TPSA) is 37.3 Å². The van der Waals surface area contributed by atoms with Crippen LogP contribution in [-0.2, 0) is 4.79 Å². The molecule has 0 saturated carbocycles. The fraction of sp³-hybridized carbons (Fsp3) is 0.667. The van der Waals surface area contributed by atoms with Gasteiger partial charge in [0.2, 0.25) is 0 Å². The summed E-state index contributed by atoms with van der Waals surface area (Å²) in [5.74, 6) is 5.61. The second-order valence-electron chi connectivity index (χ2n) is 5.15. The molecular weight excluding hydrogens is 212 g/mol. The lowest BCUT2D eigenvalue weighted by atomic mass is 9.84. The van der Waals surface area contributed by atoms with Crippen LogP contribution in [0.1, 0.15) is 40.0 Å². The van der Waals surface area contributed by atoms with Gasteiger partial charge in [-0.1, -0.05) is 44.8 Å². The van der Waals surface area contributed by atoms with Crippen LogP contribution in [0.2, 0.25) is 0 Å². The molecule has 94 valence electrons. The van der Waals surface area contributed by atoms with Crippen LogP contribution >= 0.6 is 0 Å². The molecule has 0 amide bonds. The first-order chi connectivity index (χ1) is 8.02. The van der Waals surface area contributed by atoms with E-state index in [-0.39, 0.29) is 17.8 Å². The summed E-state index contributed by atoms with van der Waals surface area (Å²) in [4.78, 5) is 11.2. The Balaban J connectivity index is 2.66. The molecule has 0 aliphatic heterocycles. The molecule has 0 bridgehead atoms. The lowest BCUT2D eigenvalue weighted by molar-refractivity contribution is -0.144. The Morgan fingerprint density at radius 3 is 2.59 bits per heavy atom. The van der Waals surface area contributed by atoms with Crippen molar-refractivity contribution in [3.05, 3.63) is 12.2 Å². The van der Waals surface area contributed by atoms with E-state index < -0.39 is 5.97 Å². The van der Waals surface area contributed by atoms with Gasteiger partial charge in [0.25, 0.3) is 0 Å². The highest BCUT2D eigenvalue weighted by molar-refractivity contribution is 5.71. The van der Waals surface area contributed by atoms with Crippen molar-refractivity contribution >= 4 is 5.97 Å². The average molecular weight is 234 g/mol. The second-order valence-corrected chi connectivity index (χ2v) is 5.15. The highest BCUT2D eigenvalue weighted by Gasteiger charge is 2.26. The Morgan fingerprint density at radius 2 is 2.12 bits per heavy atom. The van der Waals surface area contributed by atoms with Crippen molar-refractivity contribution in [2.45, 2.75) is 40.0 Å². The van der Waals surface area contributed by atoms with Gasteiger partial charge < -0.3 is 5.11 Å². The lowest BCUT2D eigenvalue weighted by Crippen LogP contribution is -2.26. The summed E-state index contributed by atoms with van der Waals surface area (Å²) in [6.45, 7) is 5.80. The third-order valence-electron chi connectivity index (χ3n) is 3.29. The molecule has 17 heavy (non-hydrogen) atoms. The summed E-state index contributed by atoms with van der Waals surface area (Å²) >= 11 is 0. The largest absolute Gasteiger partial charge is 0.481 e. The van der Waals surface area contributed by atoms with E-state index in [1.165, 1.54) is 6.42 Å². The molecule has 0 spiro atoms. The Morgan fingerprint density at radius 1 is 1.41 bits per heavy atom. The van der Waals surface area contributed by atoms with E-state index in [1.54, 1.807) is 0 Å². The zero-order chi connectivity index (χ0) is 12.8. The molecule has 3 unspecified atom stereocenters. The molecule has 2 heteroatoms. The number of carboxylic acids is 1. The highest BCUT2D eigenvalue weighted by atomic mass is 16.4.